The molecule has 2 atom stereocenters. The van der Waals surface area contributed by atoms with Crippen LogP contribution >= 0.6 is 15.9 Å². The Balaban J connectivity index is 2.07. The number of hydrogen-bond donors (Lipinski definition) is 4. The van der Waals surface area contributed by atoms with Crippen molar-refractivity contribution in [3.05, 3.63) is 63.6 Å². The van der Waals surface area contributed by atoms with E-state index >= 15 is 0 Å². The number of carboxylic acid groups (broad SMARTS) is 1. The molecule has 216 valence electrons. The quantitative estimate of drug-likeness (QED) is 0.252. The van der Waals surface area contributed by atoms with Gasteiger partial charge in [-0.3, -0.25) is 14.6 Å². The van der Waals surface area contributed by atoms with Gasteiger partial charge in [0.05, 0.1) is 11.3 Å². The summed E-state index contributed by atoms with van der Waals surface area (Å²) in [4.78, 5) is 52.1. The zero-order chi connectivity index (χ0) is 29.7. The van der Waals surface area contributed by atoms with Gasteiger partial charge in [-0.25, -0.2) is 15.0 Å². The maximum atomic E-state index is 14.2. The van der Waals surface area contributed by atoms with Crippen LogP contribution in [-0.2, 0) is 31.2 Å². The number of benzene rings is 2. The molecule has 1 aliphatic rings. The number of aliphatic carboxylic acids is 1. The number of nitrogens with one attached hydrogen (secondary N) is 2. The second-order valence-electron chi connectivity index (χ2n) is 10.5. The summed E-state index contributed by atoms with van der Waals surface area (Å²) >= 11 is 3.40. The molecular formula is C28H35BrN4O7. The van der Waals surface area contributed by atoms with Crippen LogP contribution in [0.4, 0.5) is 10.5 Å². The van der Waals surface area contributed by atoms with E-state index in [1.54, 1.807) is 33.8 Å². The van der Waals surface area contributed by atoms with Crippen molar-refractivity contribution >= 4 is 45.6 Å². The highest BCUT2D eigenvalue weighted by Crippen LogP contribution is 2.37. The normalized spacial score (nSPS) is 16.9. The number of hydrazine groups is 1. The first-order chi connectivity index (χ1) is 18.8. The van der Waals surface area contributed by atoms with Crippen molar-refractivity contribution in [3.8, 4) is 0 Å². The first kappa shape index (κ1) is 30.9. The van der Waals surface area contributed by atoms with Gasteiger partial charge >= 0.3 is 18.0 Å². The summed E-state index contributed by atoms with van der Waals surface area (Å²) in [5.41, 5.74) is 7.40. The van der Waals surface area contributed by atoms with Crippen molar-refractivity contribution in [2.75, 3.05) is 12.3 Å². The third-order valence-electron chi connectivity index (χ3n) is 6.38. The second-order valence-corrected chi connectivity index (χ2v) is 11.4. The molecule has 1 aliphatic heterocycles. The van der Waals surface area contributed by atoms with Crippen molar-refractivity contribution in [2.45, 2.75) is 70.7 Å². The monoisotopic (exact) mass is 618 g/mol. The molecule has 0 aliphatic carbocycles. The molecule has 40 heavy (non-hydrogen) atoms. The summed E-state index contributed by atoms with van der Waals surface area (Å²) in [6, 6.07) is 11.1. The molecular weight excluding hydrogens is 584 g/mol. The number of nitrogens with zero attached hydrogens (tertiary/aromatic N) is 1. The molecule has 0 radical (unpaired) electrons. The Morgan fingerprint density at radius 3 is 2.45 bits per heavy atom. The number of halogens is 1. The minimum Gasteiger partial charge on any atom is -0.480 e. The van der Waals surface area contributed by atoms with Crippen molar-refractivity contribution in [1.29, 1.82) is 0 Å². The van der Waals surface area contributed by atoms with Gasteiger partial charge in [-0.15, -0.1) is 0 Å². The lowest BCUT2D eigenvalue weighted by molar-refractivity contribution is -0.150. The van der Waals surface area contributed by atoms with E-state index in [2.05, 4.69) is 26.7 Å². The largest absolute Gasteiger partial charge is 0.480 e. The van der Waals surface area contributed by atoms with Gasteiger partial charge in [-0.1, -0.05) is 53.2 Å². The van der Waals surface area contributed by atoms with Crippen molar-refractivity contribution in [2.24, 2.45) is 0 Å². The fourth-order valence-corrected chi connectivity index (χ4v) is 4.88. The number of esters is 1. The van der Waals surface area contributed by atoms with Crippen LogP contribution < -0.4 is 16.5 Å². The van der Waals surface area contributed by atoms with E-state index in [9.17, 15) is 24.3 Å². The predicted octanol–water partition coefficient (Wildman–Crippen LogP) is 4.10. The maximum Gasteiger partial charge on any atom is 0.408 e. The van der Waals surface area contributed by atoms with Gasteiger partial charge in [0.25, 0.3) is 5.91 Å². The van der Waals surface area contributed by atoms with Crippen LogP contribution in [-0.4, -0.2) is 52.2 Å². The third-order valence-corrected chi connectivity index (χ3v) is 6.83. The van der Waals surface area contributed by atoms with Crippen LogP contribution in [0.15, 0.2) is 46.9 Å². The molecule has 0 aromatic heterocycles. The van der Waals surface area contributed by atoms with Crippen LogP contribution in [0.25, 0.3) is 0 Å². The number of ether oxygens (including phenoxy) is 2. The summed E-state index contributed by atoms with van der Waals surface area (Å²) in [5, 5.41) is 13.4. The van der Waals surface area contributed by atoms with E-state index in [4.69, 9.17) is 15.2 Å². The zero-order valence-electron chi connectivity index (χ0n) is 23.0. The maximum absolute atomic E-state index is 14.2. The Kier molecular flexibility index (Phi) is 9.80. The van der Waals surface area contributed by atoms with Crippen molar-refractivity contribution < 1.29 is 33.8 Å². The van der Waals surface area contributed by atoms with Crippen LogP contribution in [0.1, 0.15) is 68.4 Å². The van der Waals surface area contributed by atoms with E-state index in [-0.39, 0.29) is 36.4 Å². The number of hydrogen-bond acceptors (Lipinski definition) is 8. The van der Waals surface area contributed by atoms with Crippen LogP contribution in [0.5, 0.6) is 0 Å². The number of anilines is 1. The van der Waals surface area contributed by atoms with Crippen molar-refractivity contribution in [1.82, 2.24) is 15.8 Å². The van der Waals surface area contributed by atoms with E-state index in [1.165, 1.54) is 11.1 Å². The second kappa shape index (κ2) is 12.7. The van der Waals surface area contributed by atoms with E-state index < -0.39 is 41.1 Å². The number of carbonyl (C=O) groups is 4. The molecule has 5 N–H and O–H groups in total. The van der Waals surface area contributed by atoms with E-state index in [1.807, 2.05) is 30.3 Å². The van der Waals surface area contributed by atoms with Gasteiger partial charge in [0.15, 0.2) is 5.54 Å². The van der Waals surface area contributed by atoms with Gasteiger partial charge in [-0.05, 0) is 57.7 Å². The highest BCUT2D eigenvalue weighted by molar-refractivity contribution is 9.10. The van der Waals surface area contributed by atoms with Crippen LogP contribution in [0.2, 0.25) is 0 Å². The lowest BCUT2D eigenvalue weighted by Crippen LogP contribution is -2.64. The fourth-order valence-electron chi connectivity index (χ4n) is 4.42. The molecule has 0 bridgehead atoms. The molecule has 2 aromatic rings. The number of nitrogen functional groups attached to an aromatic ring is 1. The highest BCUT2D eigenvalue weighted by atomic mass is 79.9. The third kappa shape index (κ3) is 7.30. The highest BCUT2D eigenvalue weighted by Gasteiger charge is 2.47. The summed E-state index contributed by atoms with van der Waals surface area (Å²) in [7, 11) is 0. The minimum atomic E-state index is -1.82. The summed E-state index contributed by atoms with van der Waals surface area (Å²) in [6.45, 7) is 6.91. The van der Waals surface area contributed by atoms with Crippen LogP contribution in [0.3, 0.4) is 0 Å². The van der Waals surface area contributed by atoms with E-state index in [0.717, 1.165) is 5.56 Å². The molecule has 1 fully saturated rings. The first-order valence-electron chi connectivity index (χ1n) is 12.9. The minimum absolute atomic E-state index is 0.000149. The number of carbonyl (C=O) groups excluding carboxylic acids is 3. The molecule has 1 saturated heterocycles. The molecule has 12 heteroatoms. The van der Waals surface area contributed by atoms with Gasteiger partial charge in [0.1, 0.15) is 18.2 Å². The van der Waals surface area contributed by atoms with Crippen molar-refractivity contribution in [3.63, 3.8) is 0 Å². The Bertz CT molecular complexity index is 1270. The SMILES string of the molecule is CCC(NC(=O)OC(C)(C)C)(C(=O)N1CCCC(C(=O)O)N1)c1cc(Br)cc(C(=O)OCc2ccccc2)c1N. The Labute approximate surface area is 241 Å². The molecule has 2 unspecified atom stereocenters. The van der Waals surface area contributed by atoms with Gasteiger partial charge < -0.3 is 25.6 Å². The Hall–Kier alpha value is -3.64. The molecule has 2 amide bonds. The van der Waals surface area contributed by atoms with Gasteiger partial charge in [0.2, 0.25) is 0 Å². The summed E-state index contributed by atoms with van der Waals surface area (Å²) in [6.07, 6.45) is -0.136. The number of nitrogens with two attached hydrogens (primary N) is 1. The molecule has 0 saturated carbocycles. The molecule has 11 nitrogen and oxygen atoms in total. The van der Waals surface area contributed by atoms with Gasteiger partial charge in [-0.2, -0.15) is 0 Å². The number of carboxylic acids is 1. The Morgan fingerprint density at radius 2 is 1.85 bits per heavy atom. The van der Waals surface area contributed by atoms with E-state index in [0.29, 0.717) is 17.3 Å². The summed E-state index contributed by atoms with van der Waals surface area (Å²) < 4.78 is 11.4. The topological polar surface area (TPSA) is 160 Å². The number of alkyl carbamates (subject to hydrolysis) is 1. The molecule has 3 rings (SSSR count). The average Bonchev–Trinajstić information content (AvgIpc) is 2.90. The average molecular weight is 620 g/mol. The Morgan fingerprint density at radius 1 is 1.18 bits per heavy atom. The molecule has 2 aromatic carbocycles. The molecule has 1 heterocycles. The predicted molar refractivity (Wildman–Crippen MR) is 151 cm³/mol. The summed E-state index contributed by atoms with van der Waals surface area (Å²) in [5.74, 6) is -2.48. The fraction of sp³-hybridized carbons (Fsp3) is 0.429. The number of rotatable bonds is 8. The smallest absolute Gasteiger partial charge is 0.408 e. The lowest BCUT2D eigenvalue weighted by atomic mass is 9.83. The standard InChI is InChI=1S/C28H35BrN4O7/c1-5-28(31-26(38)40-27(2,3)4,25(37)33-13-9-12-21(32-33)23(34)35)20-15-18(29)14-19(22(20)30)24(36)39-16-17-10-7-6-8-11-17/h6-8,10-11,14-15,21,32H,5,9,12-13,16,30H2,1-4H3,(H,31,38)(H,34,35). The van der Waals surface area contributed by atoms with Gasteiger partial charge in [0, 0.05) is 16.6 Å². The lowest BCUT2D eigenvalue weighted by Gasteiger charge is -2.41. The molecule has 0 spiro atoms. The first-order valence-corrected chi connectivity index (χ1v) is 13.7. The van der Waals surface area contributed by atoms with Crippen LogP contribution in [0, 0.1) is 0 Å². The zero-order valence-corrected chi connectivity index (χ0v) is 24.5. The number of amides is 2.